The van der Waals surface area contributed by atoms with E-state index in [1.54, 1.807) is 43.3 Å². The highest BCUT2D eigenvalue weighted by Gasteiger charge is 2.15. The summed E-state index contributed by atoms with van der Waals surface area (Å²) in [7, 11) is -3.61. The van der Waals surface area contributed by atoms with Crippen LogP contribution in [0.2, 0.25) is 5.02 Å². The molecule has 1 N–H and O–H groups in total. The molecule has 0 radical (unpaired) electrons. The maximum absolute atomic E-state index is 12.2. The standard InChI is InChI=1S/C13H11BrClNO2S/c1-9-12(15)6-3-7-13(9)16-19(17,18)11-5-2-4-10(14)8-11/h2-8,16H,1H3. The first-order valence-corrected chi connectivity index (χ1v) is 8.09. The summed E-state index contributed by atoms with van der Waals surface area (Å²) in [5, 5.41) is 0.523. The molecule has 0 aliphatic carbocycles. The molecule has 3 nitrogen and oxygen atoms in total. The summed E-state index contributed by atoms with van der Waals surface area (Å²) in [6.07, 6.45) is 0. The van der Waals surface area contributed by atoms with Gasteiger partial charge in [-0.05, 0) is 42.8 Å². The first kappa shape index (κ1) is 14.4. The monoisotopic (exact) mass is 359 g/mol. The van der Waals surface area contributed by atoms with Gasteiger partial charge < -0.3 is 0 Å². The number of rotatable bonds is 3. The van der Waals surface area contributed by atoms with E-state index in [9.17, 15) is 8.42 Å². The lowest BCUT2D eigenvalue weighted by Gasteiger charge is -2.11. The predicted octanol–water partition coefficient (Wildman–Crippen LogP) is 4.21. The van der Waals surface area contributed by atoms with Crippen LogP contribution >= 0.6 is 27.5 Å². The van der Waals surface area contributed by atoms with Gasteiger partial charge in [0, 0.05) is 9.50 Å². The van der Waals surface area contributed by atoms with E-state index in [4.69, 9.17) is 11.6 Å². The summed E-state index contributed by atoms with van der Waals surface area (Å²) < 4.78 is 27.7. The van der Waals surface area contributed by atoms with Crippen molar-refractivity contribution < 1.29 is 8.42 Å². The Bertz CT molecular complexity index is 716. The Labute approximate surface area is 125 Å². The first-order valence-electron chi connectivity index (χ1n) is 5.43. The molecule has 0 aliphatic heterocycles. The van der Waals surface area contributed by atoms with Crippen molar-refractivity contribution in [3.63, 3.8) is 0 Å². The summed E-state index contributed by atoms with van der Waals surface area (Å²) in [5.74, 6) is 0. The molecule has 0 aliphatic rings. The fourth-order valence-electron chi connectivity index (χ4n) is 1.56. The summed E-state index contributed by atoms with van der Waals surface area (Å²) in [6, 6.07) is 11.6. The van der Waals surface area contributed by atoms with Crippen LogP contribution in [0.3, 0.4) is 0 Å². The third-order valence-electron chi connectivity index (χ3n) is 2.62. The van der Waals surface area contributed by atoms with Gasteiger partial charge in [0.2, 0.25) is 0 Å². The Balaban J connectivity index is 2.39. The summed E-state index contributed by atoms with van der Waals surface area (Å²) in [4.78, 5) is 0.196. The van der Waals surface area contributed by atoms with Gasteiger partial charge in [0.15, 0.2) is 0 Å². The molecule has 0 heterocycles. The number of hydrogen-bond donors (Lipinski definition) is 1. The zero-order valence-corrected chi connectivity index (χ0v) is 13.2. The molecular weight excluding hydrogens is 350 g/mol. The summed E-state index contributed by atoms with van der Waals surface area (Å²) >= 11 is 9.22. The minimum atomic E-state index is -3.61. The molecule has 0 bridgehead atoms. The van der Waals surface area contributed by atoms with E-state index in [1.807, 2.05) is 0 Å². The summed E-state index contributed by atoms with van der Waals surface area (Å²) in [6.45, 7) is 1.76. The van der Waals surface area contributed by atoms with Gasteiger partial charge in [-0.3, -0.25) is 4.72 Å². The van der Waals surface area contributed by atoms with Crippen LogP contribution < -0.4 is 4.72 Å². The lowest BCUT2D eigenvalue weighted by atomic mass is 10.2. The van der Waals surface area contributed by atoms with E-state index in [0.29, 0.717) is 20.7 Å². The highest BCUT2D eigenvalue weighted by molar-refractivity contribution is 9.10. The molecule has 0 saturated heterocycles. The third kappa shape index (κ3) is 3.29. The Morgan fingerprint density at radius 3 is 2.53 bits per heavy atom. The average molecular weight is 361 g/mol. The predicted molar refractivity (Wildman–Crippen MR) is 81.1 cm³/mol. The SMILES string of the molecule is Cc1c(Cl)cccc1NS(=O)(=O)c1cccc(Br)c1. The molecule has 6 heteroatoms. The van der Waals surface area contributed by atoms with Crippen LogP contribution in [0.15, 0.2) is 51.8 Å². The minimum Gasteiger partial charge on any atom is -0.279 e. The molecule has 19 heavy (non-hydrogen) atoms. The second kappa shape index (κ2) is 5.53. The fourth-order valence-corrected chi connectivity index (χ4v) is 3.45. The van der Waals surface area contributed by atoms with Crippen LogP contribution in [-0.2, 0) is 10.0 Å². The number of halogens is 2. The van der Waals surface area contributed by atoms with Crippen molar-refractivity contribution in [2.24, 2.45) is 0 Å². The van der Waals surface area contributed by atoms with Crippen molar-refractivity contribution in [1.29, 1.82) is 0 Å². The van der Waals surface area contributed by atoms with E-state index >= 15 is 0 Å². The molecule has 0 amide bonds. The van der Waals surface area contributed by atoms with Crippen molar-refractivity contribution in [2.45, 2.75) is 11.8 Å². The zero-order chi connectivity index (χ0) is 14.0. The van der Waals surface area contributed by atoms with E-state index in [-0.39, 0.29) is 4.90 Å². The largest absolute Gasteiger partial charge is 0.279 e. The topological polar surface area (TPSA) is 46.2 Å². The van der Waals surface area contributed by atoms with E-state index in [0.717, 1.165) is 0 Å². The van der Waals surface area contributed by atoms with E-state index < -0.39 is 10.0 Å². The van der Waals surface area contributed by atoms with Crippen molar-refractivity contribution in [3.8, 4) is 0 Å². The highest BCUT2D eigenvalue weighted by Crippen LogP contribution is 2.26. The number of hydrogen-bond acceptors (Lipinski definition) is 2. The molecule has 0 atom stereocenters. The molecule has 2 aromatic rings. The van der Waals surface area contributed by atoms with Crippen molar-refractivity contribution >= 4 is 43.2 Å². The number of nitrogens with one attached hydrogen (secondary N) is 1. The summed E-state index contributed by atoms with van der Waals surface area (Å²) in [5.41, 5.74) is 1.18. The Kier molecular flexibility index (Phi) is 4.18. The van der Waals surface area contributed by atoms with Crippen LogP contribution in [0.1, 0.15) is 5.56 Å². The van der Waals surface area contributed by atoms with Gasteiger partial charge >= 0.3 is 0 Å². The van der Waals surface area contributed by atoms with Gasteiger partial charge in [-0.25, -0.2) is 8.42 Å². The molecule has 0 aromatic heterocycles. The molecular formula is C13H11BrClNO2S. The quantitative estimate of drug-likeness (QED) is 0.891. The second-order valence-electron chi connectivity index (χ2n) is 3.98. The highest BCUT2D eigenvalue weighted by atomic mass is 79.9. The van der Waals surface area contributed by atoms with E-state index in [1.165, 1.54) is 6.07 Å². The number of anilines is 1. The smallest absolute Gasteiger partial charge is 0.261 e. The first-order chi connectivity index (χ1) is 8.90. The van der Waals surface area contributed by atoms with Gasteiger partial charge in [0.1, 0.15) is 0 Å². The second-order valence-corrected chi connectivity index (χ2v) is 6.98. The van der Waals surface area contributed by atoms with Crippen LogP contribution in [0, 0.1) is 6.92 Å². The lowest BCUT2D eigenvalue weighted by molar-refractivity contribution is 0.601. The molecule has 0 spiro atoms. The van der Waals surface area contributed by atoms with Crippen LogP contribution in [0.5, 0.6) is 0 Å². The Hall–Kier alpha value is -1.04. The van der Waals surface area contributed by atoms with Gasteiger partial charge in [-0.1, -0.05) is 39.7 Å². The Morgan fingerprint density at radius 2 is 1.84 bits per heavy atom. The maximum Gasteiger partial charge on any atom is 0.261 e. The fraction of sp³-hybridized carbons (Fsp3) is 0.0769. The zero-order valence-electron chi connectivity index (χ0n) is 10.0. The van der Waals surface area contributed by atoms with E-state index in [2.05, 4.69) is 20.7 Å². The van der Waals surface area contributed by atoms with Gasteiger partial charge in [0.05, 0.1) is 10.6 Å². The molecule has 0 saturated carbocycles. The molecule has 0 fully saturated rings. The number of benzene rings is 2. The van der Waals surface area contributed by atoms with Crippen LogP contribution in [0.25, 0.3) is 0 Å². The van der Waals surface area contributed by atoms with Crippen LogP contribution in [-0.4, -0.2) is 8.42 Å². The third-order valence-corrected chi connectivity index (χ3v) is 4.88. The minimum absolute atomic E-state index is 0.196. The maximum atomic E-state index is 12.2. The van der Waals surface area contributed by atoms with Gasteiger partial charge in [-0.15, -0.1) is 0 Å². The molecule has 0 unspecified atom stereocenters. The lowest BCUT2D eigenvalue weighted by Crippen LogP contribution is -2.13. The normalized spacial score (nSPS) is 11.3. The van der Waals surface area contributed by atoms with Gasteiger partial charge in [-0.2, -0.15) is 0 Å². The van der Waals surface area contributed by atoms with Gasteiger partial charge in [0.25, 0.3) is 10.0 Å². The average Bonchev–Trinajstić information content (AvgIpc) is 2.35. The van der Waals surface area contributed by atoms with Crippen molar-refractivity contribution in [2.75, 3.05) is 4.72 Å². The number of sulfonamides is 1. The van der Waals surface area contributed by atoms with Crippen molar-refractivity contribution in [1.82, 2.24) is 0 Å². The van der Waals surface area contributed by atoms with Crippen LogP contribution in [0.4, 0.5) is 5.69 Å². The Morgan fingerprint density at radius 1 is 1.16 bits per heavy atom. The van der Waals surface area contributed by atoms with Crippen molar-refractivity contribution in [3.05, 3.63) is 57.5 Å². The molecule has 2 aromatic carbocycles. The molecule has 100 valence electrons. The molecule has 2 rings (SSSR count).